The zero-order valence-electron chi connectivity index (χ0n) is 25.5. The van der Waals surface area contributed by atoms with Crippen LogP contribution in [0.4, 0.5) is 28.8 Å². The molecule has 0 atom stereocenters. The van der Waals surface area contributed by atoms with Gasteiger partial charge in [-0.15, -0.1) is 0 Å². The van der Waals surface area contributed by atoms with Crippen molar-refractivity contribution >= 4 is 52.3 Å². The van der Waals surface area contributed by atoms with E-state index in [4.69, 9.17) is 9.72 Å². The quantitative estimate of drug-likeness (QED) is 0.228. The minimum absolute atomic E-state index is 0.311. The molecule has 0 spiro atoms. The second-order valence-corrected chi connectivity index (χ2v) is 14.6. The summed E-state index contributed by atoms with van der Waals surface area (Å²) in [5.74, 6) is 1.67. The lowest BCUT2D eigenvalue weighted by Gasteiger charge is -2.30. The summed E-state index contributed by atoms with van der Waals surface area (Å²) in [6.45, 7) is 10.7. The SMILES string of the molecule is COc1cc2c(cc1Nc1ncc(C)c(Nc3ccc4nccnc4c3P(C)(C)=O)n1)-c1cnn(C)c1CCN2C(C)C. The van der Waals surface area contributed by atoms with Gasteiger partial charge < -0.3 is 24.8 Å². The molecule has 43 heavy (non-hydrogen) atoms. The van der Waals surface area contributed by atoms with Crippen LogP contribution in [0.2, 0.25) is 0 Å². The van der Waals surface area contributed by atoms with Gasteiger partial charge in [0.2, 0.25) is 5.95 Å². The van der Waals surface area contributed by atoms with Crippen LogP contribution in [-0.4, -0.2) is 62.7 Å². The van der Waals surface area contributed by atoms with E-state index in [2.05, 4.69) is 61.6 Å². The number of methoxy groups -OCH3 is 1. The number of ether oxygens (including phenoxy) is 1. The Kier molecular flexibility index (Phi) is 7.30. The van der Waals surface area contributed by atoms with E-state index in [1.807, 2.05) is 37.0 Å². The average molecular weight is 598 g/mol. The van der Waals surface area contributed by atoms with Crippen LogP contribution in [0, 0.1) is 6.92 Å². The van der Waals surface area contributed by atoms with Crippen molar-refractivity contribution in [1.82, 2.24) is 29.7 Å². The van der Waals surface area contributed by atoms with Gasteiger partial charge in [-0.05, 0) is 52.3 Å². The maximum atomic E-state index is 13.4. The molecular formula is C31H36N9O2P. The molecule has 0 aliphatic carbocycles. The third-order valence-corrected chi connectivity index (χ3v) is 9.35. The highest BCUT2D eigenvalue weighted by Gasteiger charge is 2.27. The molecule has 0 fully saturated rings. The number of nitrogens with zero attached hydrogens (tertiary/aromatic N) is 7. The van der Waals surface area contributed by atoms with Crippen molar-refractivity contribution in [3.05, 3.63) is 60.3 Å². The average Bonchev–Trinajstić information content (AvgIpc) is 3.25. The highest BCUT2D eigenvalue weighted by Crippen LogP contribution is 2.44. The van der Waals surface area contributed by atoms with Crippen molar-refractivity contribution in [3.8, 4) is 16.9 Å². The molecule has 0 saturated carbocycles. The van der Waals surface area contributed by atoms with Gasteiger partial charge in [0.15, 0.2) is 0 Å². The van der Waals surface area contributed by atoms with Gasteiger partial charge in [-0.2, -0.15) is 10.1 Å². The molecule has 0 radical (unpaired) electrons. The lowest BCUT2D eigenvalue weighted by Crippen LogP contribution is -2.32. The molecule has 222 valence electrons. The molecule has 5 aromatic rings. The van der Waals surface area contributed by atoms with E-state index in [-0.39, 0.29) is 0 Å². The molecule has 0 saturated heterocycles. The lowest BCUT2D eigenvalue weighted by atomic mass is 10.0. The van der Waals surface area contributed by atoms with Gasteiger partial charge in [-0.25, -0.2) is 4.98 Å². The van der Waals surface area contributed by atoms with Crippen molar-refractivity contribution in [2.75, 3.05) is 42.5 Å². The Balaban J connectivity index is 1.41. The number of fused-ring (bicyclic) bond motifs is 4. The summed E-state index contributed by atoms with van der Waals surface area (Å²) in [6.07, 6.45) is 7.83. The van der Waals surface area contributed by atoms with Crippen LogP contribution in [0.15, 0.2) is 49.1 Å². The molecule has 2 aromatic carbocycles. The van der Waals surface area contributed by atoms with Crippen molar-refractivity contribution < 1.29 is 9.30 Å². The van der Waals surface area contributed by atoms with Crippen molar-refractivity contribution in [2.45, 2.75) is 33.2 Å². The number of aromatic nitrogens is 6. The number of hydrogen-bond donors (Lipinski definition) is 2. The van der Waals surface area contributed by atoms with E-state index < -0.39 is 7.14 Å². The number of aryl methyl sites for hydroxylation is 2. The van der Waals surface area contributed by atoms with Crippen molar-refractivity contribution in [2.24, 2.45) is 7.05 Å². The molecule has 1 aliphatic heterocycles. The van der Waals surface area contributed by atoms with E-state index in [1.165, 1.54) is 5.69 Å². The Labute approximate surface area is 251 Å². The van der Waals surface area contributed by atoms with Gasteiger partial charge in [-0.1, -0.05) is 0 Å². The van der Waals surface area contributed by atoms with Gasteiger partial charge in [-0.3, -0.25) is 14.6 Å². The predicted octanol–water partition coefficient (Wildman–Crippen LogP) is 5.64. The van der Waals surface area contributed by atoms with E-state index >= 15 is 0 Å². The first-order valence-corrected chi connectivity index (χ1v) is 16.8. The first-order valence-electron chi connectivity index (χ1n) is 14.2. The number of anilines is 5. The summed E-state index contributed by atoms with van der Waals surface area (Å²) in [4.78, 5) is 20.7. The number of hydrogen-bond acceptors (Lipinski definition) is 10. The molecule has 12 heteroatoms. The van der Waals surface area contributed by atoms with E-state index in [0.717, 1.165) is 41.0 Å². The Morgan fingerprint density at radius 2 is 1.79 bits per heavy atom. The molecule has 11 nitrogen and oxygen atoms in total. The molecular weight excluding hydrogens is 561 g/mol. The summed E-state index contributed by atoms with van der Waals surface area (Å²) in [5, 5.41) is 12.0. The molecule has 1 aliphatic rings. The molecule has 2 N–H and O–H groups in total. The Hall–Kier alpha value is -4.50. The fraction of sp³-hybridized carbons (Fsp3) is 0.323. The fourth-order valence-electron chi connectivity index (χ4n) is 5.70. The highest BCUT2D eigenvalue weighted by atomic mass is 31.2. The van der Waals surface area contributed by atoms with Crippen LogP contribution >= 0.6 is 7.14 Å². The first kappa shape index (κ1) is 28.6. The van der Waals surface area contributed by atoms with Gasteiger partial charge in [0.05, 0.1) is 35.5 Å². The maximum absolute atomic E-state index is 13.4. The first-order chi connectivity index (χ1) is 20.5. The Morgan fingerprint density at radius 1 is 1.00 bits per heavy atom. The third kappa shape index (κ3) is 5.29. The van der Waals surface area contributed by atoms with Crippen LogP contribution in [0.3, 0.4) is 0 Å². The summed E-state index contributed by atoms with van der Waals surface area (Å²) in [7, 11) is 0.923. The Bertz CT molecular complexity index is 1900. The lowest BCUT2D eigenvalue weighted by molar-refractivity contribution is 0.416. The smallest absolute Gasteiger partial charge is 0.229 e. The van der Waals surface area contributed by atoms with Crippen molar-refractivity contribution in [1.29, 1.82) is 0 Å². The van der Waals surface area contributed by atoms with Crippen molar-refractivity contribution in [3.63, 3.8) is 0 Å². The van der Waals surface area contributed by atoms with Gasteiger partial charge in [0, 0.05) is 78.8 Å². The molecule has 4 heterocycles. The standard InChI is InChI=1S/C31H36N9O2P/c1-18(2)40-13-10-25-21(17-35-39(25)4)20-14-24(27(42-5)15-26(20)40)37-31-34-16-19(3)30(38-31)36-23-9-8-22-28(33-12-11-32-22)29(23)43(6,7)41/h8-9,11-12,14-18H,10,13H2,1-7H3,(H2,34,36,37,38). The largest absolute Gasteiger partial charge is 0.494 e. The minimum atomic E-state index is -2.73. The van der Waals surface area contributed by atoms with Crippen LogP contribution < -0.4 is 25.6 Å². The summed E-state index contributed by atoms with van der Waals surface area (Å²) in [6, 6.07) is 8.23. The van der Waals surface area contributed by atoms with Crippen LogP contribution in [0.5, 0.6) is 5.75 Å². The van der Waals surface area contributed by atoms with Gasteiger partial charge in [0.1, 0.15) is 24.2 Å². The van der Waals surface area contributed by atoms with Crippen LogP contribution in [0.1, 0.15) is 25.1 Å². The summed E-state index contributed by atoms with van der Waals surface area (Å²) in [5.41, 5.74) is 8.03. The van der Waals surface area contributed by atoms with Gasteiger partial charge in [0.25, 0.3) is 0 Å². The number of benzene rings is 2. The summed E-state index contributed by atoms with van der Waals surface area (Å²) >= 11 is 0. The van der Waals surface area contributed by atoms with Crippen LogP contribution in [-0.2, 0) is 18.0 Å². The normalized spacial score (nSPS) is 13.1. The minimum Gasteiger partial charge on any atom is -0.494 e. The topological polar surface area (TPSA) is 123 Å². The summed E-state index contributed by atoms with van der Waals surface area (Å²) < 4.78 is 21.2. The second-order valence-electron chi connectivity index (χ2n) is 11.4. The molecule has 0 amide bonds. The maximum Gasteiger partial charge on any atom is 0.229 e. The zero-order valence-corrected chi connectivity index (χ0v) is 26.4. The number of nitrogens with one attached hydrogen (secondary N) is 2. The van der Waals surface area contributed by atoms with E-state index in [1.54, 1.807) is 39.0 Å². The predicted molar refractivity (Wildman–Crippen MR) is 173 cm³/mol. The zero-order chi connectivity index (χ0) is 30.5. The second kappa shape index (κ2) is 11.0. The fourth-order valence-corrected chi connectivity index (χ4v) is 7.09. The van der Waals surface area contributed by atoms with E-state index in [0.29, 0.717) is 45.6 Å². The molecule has 0 bridgehead atoms. The molecule has 3 aromatic heterocycles. The van der Waals surface area contributed by atoms with Gasteiger partial charge >= 0.3 is 0 Å². The molecule has 0 unspecified atom stereocenters. The van der Waals surface area contributed by atoms with Crippen LogP contribution in [0.25, 0.3) is 22.2 Å². The van der Waals surface area contributed by atoms with E-state index in [9.17, 15) is 4.57 Å². The highest BCUT2D eigenvalue weighted by molar-refractivity contribution is 7.71. The monoisotopic (exact) mass is 597 g/mol. The molecule has 6 rings (SSSR count). The Morgan fingerprint density at radius 3 is 2.53 bits per heavy atom. The number of rotatable bonds is 7. The third-order valence-electron chi connectivity index (χ3n) is 7.82.